The first-order valence-corrected chi connectivity index (χ1v) is 3.11. The van der Waals surface area contributed by atoms with Crippen molar-refractivity contribution in [2.24, 2.45) is 5.73 Å². The van der Waals surface area contributed by atoms with Crippen molar-refractivity contribution in [2.45, 2.75) is 38.5 Å². The van der Waals surface area contributed by atoms with Crippen molar-refractivity contribution in [3.8, 4) is 0 Å². The largest absolute Gasteiger partial charge is 0.374 e. The normalized spacial score (nSPS) is 36.0. The molecule has 0 radical (unpaired) electrons. The van der Waals surface area contributed by atoms with Gasteiger partial charge in [0.2, 0.25) is 0 Å². The molecule has 0 aliphatic heterocycles. The van der Waals surface area contributed by atoms with E-state index in [1.165, 1.54) is 0 Å². The van der Waals surface area contributed by atoms with Crippen molar-refractivity contribution >= 4 is 0 Å². The van der Waals surface area contributed by atoms with Crippen LogP contribution in [0.25, 0.3) is 0 Å². The summed E-state index contributed by atoms with van der Waals surface area (Å²) in [5.41, 5.74) is 5.49. The highest BCUT2D eigenvalue weighted by Gasteiger charge is 2.34. The number of hydrogen-bond donors (Lipinski definition) is 1. The molecule has 0 aromatic rings. The highest BCUT2D eigenvalue weighted by molar-refractivity contribution is 4.91. The van der Waals surface area contributed by atoms with Gasteiger partial charge in [-0.2, -0.15) is 0 Å². The Morgan fingerprint density at radius 3 is 2.25 bits per heavy atom. The number of nitrogens with two attached hydrogens (primary N) is 1. The van der Waals surface area contributed by atoms with Gasteiger partial charge in [-0.1, -0.05) is 0 Å². The van der Waals surface area contributed by atoms with E-state index in [1.807, 2.05) is 13.8 Å². The summed E-state index contributed by atoms with van der Waals surface area (Å²) in [6.45, 7) is 4.07. The SMILES string of the molecule is CC(C)OC1C[C@@H]1N. The first-order chi connectivity index (χ1) is 3.70. The molecule has 1 aliphatic carbocycles. The van der Waals surface area contributed by atoms with E-state index in [1.54, 1.807) is 0 Å². The smallest absolute Gasteiger partial charge is 0.0746 e. The van der Waals surface area contributed by atoms with Crippen LogP contribution in [0.3, 0.4) is 0 Å². The van der Waals surface area contributed by atoms with Crippen molar-refractivity contribution in [3.63, 3.8) is 0 Å². The second kappa shape index (κ2) is 2.03. The van der Waals surface area contributed by atoms with Crippen molar-refractivity contribution in [1.82, 2.24) is 0 Å². The Bertz CT molecular complexity index is 82.6. The van der Waals surface area contributed by atoms with E-state index in [0.717, 1.165) is 6.42 Å². The molecule has 2 atom stereocenters. The quantitative estimate of drug-likeness (QED) is 0.569. The molecule has 2 nitrogen and oxygen atoms in total. The van der Waals surface area contributed by atoms with Crippen LogP contribution < -0.4 is 5.73 Å². The molecule has 48 valence electrons. The molecule has 1 rings (SSSR count). The minimum Gasteiger partial charge on any atom is -0.374 e. The number of hydrogen-bond acceptors (Lipinski definition) is 2. The van der Waals surface area contributed by atoms with E-state index in [4.69, 9.17) is 10.5 Å². The lowest BCUT2D eigenvalue weighted by molar-refractivity contribution is 0.0619. The fraction of sp³-hybridized carbons (Fsp3) is 1.00. The minimum absolute atomic E-state index is 0.331. The van der Waals surface area contributed by atoms with Crippen LogP contribution in [-0.2, 0) is 4.74 Å². The van der Waals surface area contributed by atoms with E-state index in [-0.39, 0.29) is 0 Å². The van der Waals surface area contributed by atoms with Crippen LogP contribution in [0, 0.1) is 0 Å². The predicted octanol–water partition coefficient (Wildman–Crippen LogP) is 0.511. The summed E-state index contributed by atoms with van der Waals surface area (Å²) >= 11 is 0. The Morgan fingerprint density at radius 1 is 1.62 bits per heavy atom. The Hall–Kier alpha value is -0.0800. The molecule has 1 fully saturated rings. The fourth-order valence-corrected chi connectivity index (χ4v) is 0.696. The van der Waals surface area contributed by atoms with Crippen LogP contribution in [0.2, 0.25) is 0 Å². The average Bonchev–Trinajstić information content (AvgIpc) is 2.17. The molecule has 1 aliphatic rings. The van der Waals surface area contributed by atoms with Crippen LogP contribution in [0.1, 0.15) is 20.3 Å². The van der Waals surface area contributed by atoms with Gasteiger partial charge in [-0.25, -0.2) is 0 Å². The summed E-state index contributed by atoms with van der Waals surface area (Å²) in [7, 11) is 0. The van der Waals surface area contributed by atoms with E-state index >= 15 is 0 Å². The van der Waals surface area contributed by atoms with Gasteiger partial charge < -0.3 is 10.5 Å². The van der Waals surface area contributed by atoms with E-state index in [9.17, 15) is 0 Å². The van der Waals surface area contributed by atoms with Crippen LogP contribution in [0.5, 0.6) is 0 Å². The summed E-state index contributed by atoms with van der Waals surface area (Å²) < 4.78 is 5.35. The lowest BCUT2D eigenvalue weighted by atomic mass is 10.5. The average molecular weight is 115 g/mol. The molecule has 8 heavy (non-hydrogen) atoms. The third kappa shape index (κ3) is 1.46. The van der Waals surface area contributed by atoms with Crippen molar-refractivity contribution < 1.29 is 4.74 Å². The number of ether oxygens (including phenoxy) is 1. The molecule has 2 N–H and O–H groups in total. The highest BCUT2D eigenvalue weighted by atomic mass is 16.5. The van der Waals surface area contributed by atoms with Gasteiger partial charge in [0, 0.05) is 6.04 Å². The van der Waals surface area contributed by atoms with Gasteiger partial charge in [0.1, 0.15) is 0 Å². The van der Waals surface area contributed by atoms with Crippen molar-refractivity contribution in [2.75, 3.05) is 0 Å². The van der Waals surface area contributed by atoms with Gasteiger partial charge in [-0.05, 0) is 20.3 Å². The molecular weight excluding hydrogens is 102 g/mol. The topological polar surface area (TPSA) is 35.2 Å². The lowest BCUT2D eigenvalue weighted by Gasteiger charge is -2.03. The summed E-state index contributed by atoms with van der Waals surface area (Å²) in [4.78, 5) is 0. The zero-order valence-electron chi connectivity index (χ0n) is 5.42. The maximum absolute atomic E-state index is 5.49. The molecular formula is C6H13NO. The second-order valence-electron chi connectivity index (χ2n) is 2.62. The number of rotatable bonds is 2. The molecule has 0 amide bonds. The van der Waals surface area contributed by atoms with E-state index < -0.39 is 0 Å². The zero-order chi connectivity index (χ0) is 6.15. The molecule has 0 aromatic carbocycles. The minimum atomic E-state index is 0.331. The zero-order valence-corrected chi connectivity index (χ0v) is 5.42. The third-order valence-corrected chi connectivity index (χ3v) is 1.23. The standard InChI is InChI=1S/C6H13NO/c1-4(2)8-6-3-5(6)7/h4-6H,3,7H2,1-2H3/t5-,6?/m0/s1. The molecule has 0 heterocycles. The summed E-state index contributed by atoms with van der Waals surface area (Å²) in [5, 5.41) is 0. The molecule has 0 aromatic heterocycles. The second-order valence-corrected chi connectivity index (χ2v) is 2.62. The van der Waals surface area contributed by atoms with E-state index in [0.29, 0.717) is 18.2 Å². The predicted molar refractivity (Wildman–Crippen MR) is 32.6 cm³/mol. The third-order valence-electron chi connectivity index (χ3n) is 1.23. The Labute approximate surface area is 50.0 Å². The Morgan fingerprint density at radius 2 is 2.12 bits per heavy atom. The molecule has 2 heteroatoms. The molecule has 1 unspecified atom stereocenters. The van der Waals surface area contributed by atoms with Gasteiger partial charge in [-0.3, -0.25) is 0 Å². The maximum atomic E-state index is 5.49. The lowest BCUT2D eigenvalue weighted by Crippen LogP contribution is -2.12. The Balaban J connectivity index is 2.05. The van der Waals surface area contributed by atoms with Crippen LogP contribution in [0.4, 0.5) is 0 Å². The van der Waals surface area contributed by atoms with E-state index in [2.05, 4.69) is 0 Å². The molecule has 0 spiro atoms. The van der Waals surface area contributed by atoms with Gasteiger partial charge >= 0.3 is 0 Å². The monoisotopic (exact) mass is 115 g/mol. The first kappa shape index (κ1) is 6.05. The Kier molecular flexibility index (Phi) is 1.54. The summed E-state index contributed by atoms with van der Waals surface area (Å²) in [5.74, 6) is 0. The van der Waals surface area contributed by atoms with Gasteiger partial charge in [-0.15, -0.1) is 0 Å². The fourth-order valence-electron chi connectivity index (χ4n) is 0.696. The van der Waals surface area contributed by atoms with Crippen molar-refractivity contribution in [1.29, 1.82) is 0 Å². The maximum Gasteiger partial charge on any atom is 0.0746 e. The van der Waals surface area contributed by atoms with Crippen LogP contribution in [-0.4, -0.2) is 18.2 Å². The molecule has 1 saturated carbocycles. The highest BCUT2D eigenvalue weighted by Crippen LogP contribution is 2.23. The molecule has 0 bridgehead atoms. The van der Waals surface area contributed by atoms with Crippen molar-refractivity contribution in [3.05, 3.63) is 0 Å². The van der Waals surface area contributed by atoms with Crippen LogP contribution >= 0.6 is 0 Å². The molecule has 0 saturated heterocycles. The van der Waals surface area contributed by atoms with Gasteiger partial charge in [0.15, 0.2) is 0 Å². The summed E-state index contributed by atoms with van der Waals surface area (Å²) in [6, 6.07) is 0.331. The van der Waals surface area contributed by atoms with Gasteiger partial charge in [0.25, 0.3) is 0 Å². The first-order valence-electron chi connectivity index (χ1n) is 3.11. The summed E-state index contributed by atoms with van der Waals surface area (Å²) in [6.07, 6.45) is 1.77. The van der Waals surface area contributed by atoms with Crippen LogP contribution in [0.15, 0.2) is 0 Å². The van der Waals surface area contributed by atoms with Gasteiger partial charge in [0.05, 0.1) is 12.2 Å².